The molecule has 1 aromatic carbocycles. The van der Waals surface area contributed by atoms with Crippen molar-refractivity contribution in [3.8, 4) is 0 Å². The highest BCUT2D eigenvalue weighted by molar-refractivity contribution is 9.10. The van der Waals surface area contributed by atoms with Crippen molar-refractivity contribution in [2.75, 3.05) is 0 Å². The maximum absolute atomic E-state index is 10.3. The summed E-state index contributed by atoms with van der Waals surface area (Å²) < 4.78 is 0.935. The molecule has 0 heterocycles. The number of rotatable bonds is 2. The van der Waals surface area contributed by atoms with Crippen LogP contribution in [0.3, 0.4) is 0 Å². The Morgan fingerprint density at radius 1 is 1.19 bits per heavy atom. The molecule has 3 heteroatoms. The Morgan fingerprint density at radius 2 is 1.88 bits per heavy atom. The number of hydrogen-bond donors (Lipinski definition) is 1. The molecule has 1 aliphatic carbocycles. The maximum atomic E-state index is 10.3. The molecular weight excluding hydrogens is 287 g/mol. The lowest BCUT2D eigenvalue weighted by Crippen LogP contribution is -2.15. The minimum Gasteiger partial charge on any atom is -0.388 e. The van der Waals surface area contributed by atoms with Crippen molar-refractivity contribution in [1.29, 1.82) is 0 Å². The van der Waals surface area contributed by atoms with Gasteiger partial charge in [-0.15, -0.1) is 0 Å². The first-order valence-corrected chi connectivity index (χ1v) is 6.98. The van der Waals surface area contributed by atoms with Gasteiger partial charge >= 0.3 is 0 Å². The van der Waals surface area contributed by atoms with Crippen molar-refractivity contribution in [2.45, 2.75) is 38.2 Å². The standard InChI is InChI=1S/C13H16BrClO/c14-11-6-10(7-12(15)8-11)13(16)9-4-2-1-3-5-9/h6-9,13,16H,1-5H2. The van der Waals surface area contributed by atoms with E-state index < -0.39 is 0 Å². The number of aliphatic hydroxyl groups is 1. The minimum absolute atomic E-state index is 0.365. The molecule has 0 radical (unpaired) electrons. The van der Waals surface area contributed by atoms with Crippen molar-refractivity contribution >= 4 is 27.5 Å². The molecule has 1 unspecified atom stereocenters. The molecule has 0 amide bonds. The Hall–Kier alpha value is -0.0500. The van der Waals surface area contributed by atoms with Gasteiger partial charge in [0.25, 0.3) is 0 Å². The summed E-state index contributed by atoms with van der Waals surface area (Å²) in [7, 11) is 0. The second-order valence-electron chi connectivity index (χ2n) is 4.55. The lowest BCUT2D eigenvalue weighted by Gasteiger charge is -2.27. The van der Waals surface area contributed by atoms with Crippen molar-refractivity contribution < 1.29 is 5.11 Å². The number of benzene rings is 1. The van der Waals surface area contributed by atoms with E-state index in [0.717, 1.165) is 22.9 Å². The van der Waals surface area contributed by atoms with Crippen LogP contribution in [0.5, 0.6) is 0 Å². The zero-order chi connectivity index (χ0) is 11.5. The Kier molecular flexibility index (Phi) is 4.28. The SMILES string of the molecule is OC(c1cc(Cl)cc(Br)c1)C1CCCCC1. The van der Waals surface area contributed by atoms with E-state index in [1.807, 2.05) is 18.2 Å². The summed E-state index contributed by atoms with van der Waals surface area (Å²) in [6.45, 7) is 0. The van der Waals surface area contributed by atoms with E-state index in [4.69, 9.17) is 11.6 Å². The van der Waals surface area contributed by atoms with Crippen LogP contribution >= 0.6 is 27.5 Å². The van der Waals surface area contributed by atoms with Gasteiger partial charge in [0.15, 0.2) is 0 Å². The monoisotopic (exact) mass is 302 g/mol. The Labute approximate surface area is 110 Å². The molecule has 0 aromatic heterocycles. The summed E-state index contributed by atoms with van der Waals surface area (Å²) in [6.07, 6.45) is 5.68. The molecule has 0 aliphatic heterocycles. The normalized spacial score (nSPS) is 19.7. The second-order valence-corrected chi connectivity index (χ2v) is 5.90. The van der Waals surface area contributed by atoms with Crippen molar-refractivity contribution in [3.05, 3.63) is 33.3 Å². The van der Waals surface area contributed by atoms with Crippen molar-refractivity contribution in [3.63, 3.8) is 0 Å². The molecule has 1 aromatic rings. The average Bonchev–Trinajstić information content (AvgIpc) is 2.28. The Morgan fingerprint density at radius 3 is 2.50 bits per heavy atom. The van der Waals surface area contributed by atoms with Crippen LogP contribution in [0.2, 0.25) is 5.02 Å². The summed E-state index contributed by atoms with van der Waals surface area (Å²) in [5.74, 6) is 0.402. The summed E-state index contributed by atoms with van der Waals surface area (Å²) >= 11 is 9.40. The zero-order valence-corrected chi connectivity index (χ0v) is 11.5. The van der Waals surface area contributed by atoms with Crippen LogP contribution in [0.1, 0.15) is 43.8 Å². The fourth-order valence-electron chi connectivity index (χ4n) is 2.47. The third-order valence-electron chi connectivity index (χ3n) is 3.32. The first-order chi connectivity index (χ1) is 7.66. The Balaban J connectivity index is 2.15. The van der Waals surface area contributed by atoms with E-state index in [1.54, 1.807) is 0 Å². The predicted octanol–water partition coefficient (Wildman–Crippen LogP) is 4.72. The third-order valence-corrected chi connectivity index (χ3v) is 4.00. The molecule has 1 nitrogen and oxygen atoms in total. The molecular formula is C13H16BrClO. The molecule has 16 heavy (non-hydrogen) atoms. The summed E-state index contributed by atoms with van der Waals surface area (Å²) in [5.41, 5.74) is 0.936. The quantitative estimate of drug-likeness (QED) is 0.838. The van der Waals surface area contributed by atoms with Crippen molar-refractivity contribution in [1.82, 2.24) is 0 Å². The summed E-state index contributed by atoms with van der Waals surface area (Å²) in [4.78, 5) is 0. The molecule has 1 atom stereocenters. The minimum atomic E-state index is -0.365. The highest BCUT2D eigenvalue weighted by Gasteiger charge is 2.23. The molecule has 88 valence electrons. The predicted molar refractivity (Wildman–Crippen MR) is 70.7 cm³/mol. The average molecular weight is 304 g/mol. The molecule has 1 fully saturated rings. The molecule has 0 bridgehead atoms. The van der Waals surface area contributed by atoms with E-state index in [1.165, 1.54) is 19.3 Å². The van der Waals surface area contributed by atoms with E-state index in [-0.39, 0.29) is 6.10 Å². The van der Waals surface area contributed by atoms with Gasteiger partial charge < -0.3 is 5.11 Å². The molecule has 1 N–H and O–H groups in total. The molecule has 1 aliphatic rings. The maximum Gasteiger partial charge on any atom is 0.0819 e. The topological polar surface area (TPSA) is 20.2 Å². The van der Waals surface area contributed by atoms with Crippen LogP contribution in [0, 0.1) is 5.92 Å². The first kappa shape index (κ1) is 12.4. The zero-order valence-electron chi connectivity index (χ0n) is 9.13. The lowest BCUT2D eigenvalue weighted by molar-refractivity contribution is 0.0848. The highest BCUT2D eigenvalue weighted by Crippen LogP contribution is 2.36. The molecule has 0 spiro atoms. The third kappa shape index (κ3) is 2.99. The number of halogens is 2. The van der Waals surface area contributed by atoms with Crippen LogP contribution in [0.15, 0.2) is 22.7 Å². The van der Waals surface area contributed by atoms with E-state index in [2.05, 4.69) is 15.9 Å². The first-order valence-electron chi connectivity index (χ1n) is 5.81. The van der Waals surface area contributed by atoms with Crippen LogP contribution in [0.4, 0.5) is 0 Å². The summed E-state index contributed by atoms with van der Waals surface area (Å²) in [6, 6.07) is 5.68. The van der Waals surface area contributed by atoms with Gasteiger partial charge in [-0.2, -0.15) is 0 Å². The highest BCUT2D eigenvalue weighted by atomic mass is 79.9. The van der Waals surface area contributed by atoms with Gasteiger partial charge in [0.1, 0.15) is 0 Å². The van der Waals surface area contributed by atoms with Gasteiger partial charge in [0, 0.05) is 9.50 Å². The molecule has 0 saturated heterocycles. The molecule has 1 saturated carbocycles. The Bertz CT molecular complexity index is 341. The smallest absolute Gasteiger partial charge is 0.0819 e. The largest absolute Gasteiger partial charge is 0.388 e. The van der Waals surface area contributed by atoms with Gasteiger partial charge in [-0.1, -0.05) is 46.8 Å². The lowest BCUT2D eigenvalue weighted by atomic mass is 9.83. The number of aliphatic hydroxyl groups excluding tert-OH is 1. The van der Waals surface area contributed by atoms with E-state index >= 15 is 0 Å². The number of hydrogen-bond acceptors (Lipinski definition) is 1. The van der Waals surface area contributed by atoms with Gasteiger partial charge in [0.05, 0.1) is 6.10 Å². The van der Waals surface area contributed by atoms with Gasteiger partial charge in [-0.25, -0.2) is 0 Å². The second kappa shape index (κ2) is 5.52. The van der Waals surface area contributed by atoms with Gasteiger partial charge in [-0.3, -0.25) is 0 Å². The van der Waals surface area contributed by atoms with Crippen LogP contribution in [-0.4, -0.2) is 5.11 Å². The van der Waals surface area contributed by atoms with Crippen LogP contribution < -0.4 is 0 Å². The van der Waals surface area contributed by atoms with E-state index in [0.29, 0.717) is 10.9 Å². The fraction of sp³-hybridized carbons (Fsp3) is 0.538. The fourth-order valence-corrected chi connectivity index (χ4v) is 3.35. The molecule has 2 rings (SSSR count). The van der Waals surface area contributed by atoms with Gasteiger partial charge in [-0.05, 0) is 42.5 Å². The van der Waals surface area contributed by atoms with Gasteiger partial charge in [0.2, 0.25) is 0 Å². The van der Waals surface area contributed by atoms with E-state index in [9.17, 15) is 5.11 Å². The van der Waals surface area contributed by atoms with Crippen LogP contribution in [0.25, 0.3) is 0 Å². The summed E-state index contributed by atoms with van der Waals surface area (Å²) in [5, 5.41) is 11.0. The van der Waals surface area contributed by atoms with Crippen LogP contribution in [-0.2, 0) is 0 Å². The van der Waals surface area contributed by atoms with Crippen molar-refractivity contribution in [2.24, 2.45) is 5.92 Å².